The first kappa shape index (κ1) is 56.3. The SMILES string of the molecule is Cc1ccccc1C[C@H](NC(=O)[C@H](CCC(=O)O)NC(=O)[C@H](CC(=O)O)NC(=O)CCNC(=O)c1ccccc1)C(=O)N[C@H](C(=O)N[C@@H](CC(C)C)C(=O)NC(C=O)CC(F)(F)F)C(C)(C)C. The first-order valence-corrected chi connectivity index (χ1v) is 21.3. The lowest BCUT2D eigenvalue weighted by molar-refractivity contribution is -0.147. The van der Waals surface area contributed by atoms with Crippen LogP contribution in [0.4, 0.5) is 13.2 Å². The van der Waals surface area contributed by atoms with Crippen LogP contribution in [-0.4, -0.2) is 119 Å². The second-order valence-electron chi connectivity index (χ2n) is 17.3. The Kier molecular flexibility index (Phi) is 22.1. The fourth-order valence-electron chi connectivity index (χ4n) is 6.52. The molecule has 19 nitrogen and oxygen atoms in total. The van der Waals surface area contributed by atoms with Gasteiger partial charge in [-0.05, 0) is 54.4 Å². The summed E-state index contributed by atoms with van der Waals surface area (Å²) in [5.41, 5.74) is 0.383. The molecule has 0 aliphatic rings. The average Bonchev–Trinajstić information content (AvgIpc) is 3.22. The van der Waals surface area contributed by atoms with Crippen LogP contribution in [0.1, 0.15) is 94.6 Å². The molecule has 0 spiro atoms. The van der Waals surface area contributed by atoms with Crippen molar-refractivity contribution in [2.24, 2.45) is 11.3 Å². The minimum Gasteiger partial charge on any atom is -0.481 e. The van der Waals surface area contributed by atoms with Crippen LogP contribution < -0.4 is 37.2 Å². The molecule has 0 heterocycles. The van der Waals surface area contributed by atoms with Crippen molar-refractivity contribution in [1.82, 2.24) is 37.2 Å². The standard InChI is InChI=1S/C45H60F3N7O12/c1-25(2)20-31(40(64)50-29(24-56)23-45(46,47)48)54-43(67)37(44(4,5)6)55-42(66)32(21-28-15-11-10-12-26(28)3)53-39(63)30(16-17-35(58)59)52-41(65)33(22-36(60)61)51-34(57)18-19-49-38(62)27-13-8-7-9-14-27/h7-15,24-25,29-33,37H,16-23H2,1-6H3,(H,49,62)(H,50,64)(H,51,57)(H,52,65)(H,53,63)(H,54,67)(H,55,66)(H,58,59)(H,60,61)/t29?,30-,31-,32-,33-,37+/m0/s1. The van der Waals surface area contributed by atoms with E-state index in [1.807, 2.05) is 5.32 Å². The van der Waals surface area contributed by atoms with Crippen LogP contribution in [0.3, 0.4) is 0 Å². The maximum atomic E-state index is 14.3. The Morgan fingerprint density at radius 3 is 1.76 bits per heavy atom. The third-order valence-corrected chi connectivity index (χ3v) is 10.0. The number of carbonyl (C=O) groups excluding carboxylic acids is 8. The van der Waals surface area contributed by atoms with Gasteiger partial charge in [0.05, 0.1) is 18.9 Å². The van der Waals surface area contributed by atoms with Crippen LogP contribution in [0.15, 0.2) is 54.6 Å². The number of amides is 7. The second kappa shape index (κ2) is 26.3. The van der Waals surface area contributed by atoms with E-state index < -0.39 is 127 Å². The van der Waals surface area contributed by atoms with Crippen LogP contribution >= 0.6 is 0 Å². The van der Waals surface area contributed by atoms with E-state index in [2.05, 4.69) is 31.9 Å². The summed E-state index contributed by atoms with van der Waals surface area (Å²) in [7, 11) is 0. The fourth-order valence-corrected chi connectivity index (χ4v) is 6.52. The fraction of sp³-hybridized carbons (Fsp3) is 0.511. The number of alkyl halides is 3. The molecule has 7 amide bonds. The minimum atomic E-state index is -4.80. The summed E-state index contributed by atoms with van der Waals surface area (Å²) in [6.45, 7) is 9.53. The lowest BCUT2D eigenvalue weighted by Crippen LogP contribution is -2.62. The number of aldehydes is 1. The van der Waals surface area contributed by atoms with Crippen molar-refractivity contribution in [2.75, 3.05) is 6.54 Å². The van der Waals surface area contributed by atoms with Gasteiger partial charge < -0.3 is 52.2 Å². The first-order valence-electron chi connectivity index (χ1n) is 21.3. The molecule has 0 aliphatic carbocycles. The predicted octanol–water partition coefficient (Wildman–Crippen LogP) is 1.85. The summed E-state index contributed by atoms with van der Waals surface area (Å²) in [6.07, 6.45) is -9.49. The van der Waals surface area contributed by atoms with E-state index in [1.165, 1.54) is 12.1 Å². The number of carbonyl (C=O) groups is 10. The monoisotopic (exact) mass is 947 g/mol. The van der Waals surface area contributed by atoms with Gasteiger partial charge in [-0.2, -0.15) is 13.2 Å². The summed E-state index contributed by atoms with van der Waals surface area (Å²) in [6, 6.07) is 4.79. The van der Waals surface area contributed by atoms with Gasteiger partial charge in [-0.1, -0.05) is 77.1 Å². The number of carboxylic acids is 2. The highest BCUT2D eigenvalue weighted by Gasteiger charge is 2.39. The number of hydrogen-bond acceptors (Lipinski definition) is 10. The van der Waals surface area contributed by atoms with E-state index in [1.54, 1.807) is 84.0 Å². The Hall–Kier alpha value is -6.87. The molecule has 0 fully saturated rings. The highest BCUT2D eigenvalue weighted by Crippen LogP contribution is 2.23. The van der Waals surface area contributed by atoms with Gasteiger partial charge in [0.25, 0.3) is 5.91 Å². The molecule has 1 unspecified atom stereocenters. The first-order chi connectivity index (χ1) is 31.2. The van der Waals surface area contributed by atoms with Crippen molar-refractivity contribution in [3.8, 4) is 0 Å². The molecule has 0 aromatic heterocycles. The van der Waals surface area contributed by atoms with Crippen molar-refractivity contribution < 1.29 is 71.3 Å². The van der Waals surface area contributed by atoms with Crippen LogP contribution in [0, 0.1) is 18.3 Å². The van der Waals surface area contributed by atoms with E-state index >= 15 is 0 Å². The molecular formula is C45H60F3N7O12. The molecule has 0 bridgehead atoms. The van der Waals surface area contributed by atoms with Gasteiger partial charge in [-0.25, -0.2) is 0 Å². The van der Waals surface area contributed by atoms with Gasteiger partial charge >= 0.3 is 18.1 Å². The molecule has 6 atom stereocenters. The van der Waals surface area contributed by atoms with Crippen molar-refractivity contribution in [2.45, 2.75) is 129 Å². The van der Waals surface area contributed by atoms with Gasteiger partial charge in [-0.15, -0.1) is 0 Å². The van der Waals surface area contributed by atoms with Crippen molar-refractivity contribution in [3.63, 3.8) is 0 Å². The van der Waals surface area contributed by atoms with E-state index in [0.29, 0.717) is 16.7 Å². The second-order valence-corrected chi connectivity index (χ2v) is 17.3. The topological polar surface area (TPSA) is 295 Å². The molecule has 368 valence electrons. The molecule has 67 heavy (non-hydrogen) atoms. The number of rotatable bonds is 26. The van der Waals surface area contributed by atoms with Crippen molar-refractivity contribution in [3.05, 3.63) is 71.3 Å². The number of aryl methyl sites for hydroxylation is 1. The van der Waals surface area contributed by atoms with Crippen molar-refractivity contribution in [1.29, 1.82) is 0 Å². The smallest absolute Gasteiger partial charge is 0.391 e. The normalized spacial score (nSPS) is 14.1. The molecule has 9 N–H and O–H groups in total. The molecule has 0 aliphatic heterocycles. The minimum absolute atomic E-state index is 0.0798. The van der Waals surface area contributed by atoms with E-state index in [-0.39, 0.29) is 38.0 Å². The average molecular weight is 948 g/mol. The maximum absolute atomic E-state index is 14.3. The number of aliphatic carboxylic acids is 2. The van der Waals surface area contributed by atoms with Crippen LogP contribution in [-0.2, 0) is 49.6 Å². The lowest BCUT2D eigenvalue weighted by Gasteiger charge is -2.34. The van der Waals surface area contributed by atoms with Crippen LogP contribution in [0.2, 0.25) is 0 Å². The van der Waals surface area contributed by atoms with Gasteiger partial charge in [0, 0.05) is 31.4 Å². The highest BCUT2D eigenvalue weighted by molar-refractivity contribution is 5.98. The summed E-state index contributed by atoms with van der Waals surface area (Å²) < 4.78 is 39.2. The summed E-state index contributed by atoms with van der Waals surface area (Å²) in [5.74, 6) is -9.87. The molecular weight excluding hydrogens is 888 g/mol. The van der Waals surface area contributed by atoms with E-state index in [9.17, 15) is 71.3 Å². The molecule has 2 aromatic carbocycles. The lowest BCUT2D eigenvalue weighted by atomic mass is 9.85. The number of carboxylic acid groups (broad SMARTS) is 2. The summed E-state index contributed by atoms with van der Waals surface area (Å²) in [5, 5.41) is 35.7. The third-order valence-electron chi connectivity index (χ3n) is 10.0. The Morgan fingerprint density at radius 1 is 0.657 bits per heavy atom. The number of halogens is 3. The largest absolute Gasteiger partial charge is 0.481 e. The zero-order valence-electron chi connectivity index (χ0n) is 38.1. The molecule has 2 aromatic rings. The van der Waals surface area contributed by atoms with E-state index in [4.69, 9.17) is 0 Å². The molecule has 0 radical (unpaired) electrons. The van der Waals surface area contributed by atoms with Gasteiger partial charge in [-0.3, -0.25) is 43.2 Å². The predicted molar refractivity (Wildman–Crippen MR) is 235 cm³/mol. The zero-order chi connectivity index (χ0) is 50.6. The molecule has 0 saturated carbocycles. The van der Waals surface area contributed by atoms with Gasteiger partial charge in [0.1, 0.15) is 36.5 Å². The Labute approximate surface area is 385 Å². The number of hydrogen-bond donors (Lipinski definition) is 9. The van der Waals surface area contributed by atoms with Crippen LogP contribution in [0.25, 0.3) is 0 Å². The maximum Gasteiger partial charge on any atom is 0.391 e. The van der Waals surface area contributed by atoms with Crippen LogP contribution in [0.5, 0.6) is 0 Å². The zero-order valence-corrected chi connectivity index (χ0v) is 38.1. The molecule has 22 heteroatoms. The Bertz CT molecular complexity index is 2080. The third kappa shape index (κ3) is 20.9. The summed E-state index contributed by atoms with van der Waals surface area (Å²) in [4.78, 5) is 129. The number of benzene rings is 2. The highest BCUT2D eigenvalue weighted by atomic mass is 19.4. The Morgan fingerprint density at radius 2 is 1.21 bits per heavy atom. The molecule has 0 saturated heterocycles. The quantitative estimate of drug-likeness (QED) is 0.0611. The van der Waals surface area contributed by atoms with Gasteiger partial charge in [0.2, 0.25) is 35.4 Å². The number of nitrogens with one attached hydrogen (secondary N) is 7. The molecule has 2 rings (SSSR count). The Balaban J connectivity index is 2.41. The van der Waals surface area contributed by atoms with Gasteiger partial charge in [0.15, 0.2) is 0 Å². The van der Waals surface area contributed by atoms with E-state index in [0.717, 1.165) is 0 Å². The van der Waals surface area contributed by atoms with Crippen molar-refractivity contribution >= 4 is 59.6 Å². The summed E-state index contributed by atoms with van der Waals surface area (Å²) >= 11 is 0.